The van der Waals surface area contributed by atoms with Gasteiger partial charge in [0.15, 0.2) is 0 Å². The highest BCUT2D eigenvalue weighted by Gasteiger charge is 2.16. The van der Waals surface area contributed by atoms with Crippen molar-refractivity contribution in [3.8, 4) is 11.3 Å². The normalized spacial score (nSPS) is 18.2. The number of anilines is 1. The van der Waals surface area contributed by atoms with Crippen LogP contribution in [0.5, 0.6) is 0 Å². The largest absolute Gasteiger partial charge is 0.360 e. The van der Waals surface area contributed by atoms with Crippen molar-refractivity contribution in [2.24, 2.45) is 0 Å². The molecule has 1 aliphatic rings. The van der Waals surface area contributed by atoms with E-state index >= 15 is 0 Å². The number of hydrogen-bond acceptors (Lipinski definition) is 4. The number of fused-ring (bicyclic) bond motifs is 1. The highest BCUT2D eigenvalue weighted by molar-refractivity contribution is 9.10. The van der Waals surface area contributed by atoms with Crippen LogP contribution in [0.3, 0.4) is 0 Å². The zero-order chi connectivity index (χ0) is 15.6. The van der Waals surface area contributed by atoms with Crippen LogP contribution >= 0.6 is 15.9 Å². The molecule has 1 atom stereocenters. The molecule has 1 aliphatic heterocycles. The molecule has 2 aromatic heterocycles. The van der Waals surface area contributed by atoms with Crippen molar-refractivity contribution >= 4 is 32.8 Å². The number of nitrogens with zero attached hydrogens (tertiary/aromatic N) is 2. The van der Waals surface area contributed by atoms with E-state index in [1.54, 1.807) is 0 Å². The van der Waals surface area contributed by atoms with Gasteiger partial charge < -0.3 is 15.6 Å². The number of aromatic nitrogens is 3. The van der Waals surface area contributed by atoms with E-state index in [1.165, 1.54) is 6.42 Å². The Hall–Kier alpha value is -1.92. The fraction of sp³-hybridized carbons (Fsp3) is 0.294. The molecule has 5 nitrogen and oxygen atoms in total. The van der Waals surface area contributed by atoms with Crippen LogP contribution in [0.4, 0.5) is 5.95 Å². The van der Waals surface area contributed by atoms with Crippen molar-refractivity contribution in [2.45, 2.75) is 18.9 Å². The molecule has 3 heterocycles. The van der Waals surface area contributed by atoms with Crippen molar-refractivity contribution in [1.29, 1.82) is 0 Å². The Balaban J connectivity index is 1.69. The molecule has 1 fully saturated rings. The summed E-state index contributed by atoms with van der Waals surface area (Å²) in [7, 11) is 0. The van der Waals surface area contributed by atoms with Crippen LogP contribution in [-0.4, -0.2) is 34.1 Å². The summed E-state index contributed by atoms with van der Waals surface area (Å²) in [6.45, 7) is 2.06. The Kier molecular flexibility index (Phi) is 4.01. The third kappa shape index (κ3) is 2.96. The summed E-state index contributed by atoms with van der Waals surface area (Å²) in [5.74, 6) is 0.683. The lowest BCUT2D eigenvalue weighted by molar-refractivity contribution is 0.478. The fourth-order valence-corrected chi connectivity index (χ4v) is 3.46. The van der Waals surface area contributed by atoms with Crippen LogP contribution in [-0.2, 0) is 0 Å². The summed E-state index contributed by atoms with van der Waals surface area (Å²) < 4.78 is 0.898. The molecule has 3 N–H and O–H groups in total. The molecule has 0 aliphatic carbocycles. The number of H-pyrrole nitrogens is 1. The molecule has 1 aromatic carbocycles. The number of benzene rings is 1. The average Bonchev–Trinajstić information content (AvgIpc) is 3.01. The molecule has 0 radical (unpaired) electrons. The van der Waals surface area contributed by atoms with Gasteiger partial charge in [-0.25, -0.2) is 9.97 Å². The van der Waals surface area contributed by atoms with Crippen LogP contribution in [0.25, 0.3) is 22.2 Å². The van der Waals surface area contributed by atoms with E-state index in [0.29, 0.717) is 12.0 Å². The summed E-state index contributed by atoms with van der Waals surface area (Å²) in [5.41, 5.74) is 3.10. The van der Waals surface area contributed by atoms with E-state index in [-0.39, 0.29) is 0 Å². The predicted octanol–water partition coefficient (Wildman–Crippen LogP) is 3.55. The average molecular weight is 372 g/mol. The SMILES string of the molecule is Brc1cnc(N[C@@H]2CCCNC2)nc1-c1c[nH]c2ccccc12. The first-order chi connectivity index (χ1) is 11.3. The van der Waals surface area contributed by atoms with Gasteiger partial charge in [0.05, 0.1) is 10.2 Å². The monoisotopic (exact) mass is 371 g/mol. The van der Waals surface area contributed by atoms with Gasteiger partial charge in [-0.3, -0.25) is 0 Å². The van der Waals surface area contributed by atoms with Gasteiger partial charge in [-0.05, 0) is 41.4 Å². The van der Waals surface area contributed by atoms with Crippen LogP contribution in [0.1, 0.15) is 12.8 Å². The molecule has 4 rings (SSSR count). The van der Waals surface area contributed by atoms with Crippen LogP contribution in [0.15, 0.2) is 41.1 Å². The van der Waals surface area contributed by atoms with Gasteiger partial charge in [-0.2, -0.15) is 0 Å². The van der Waals surface area contributed by atoms with E-state index < -0.39 is 0 Å². The fourth-order valence-electron chi connectivity index (χ4n) is 3.05. The molecule has 0 saturated carbocycles. The maximum absolute atomic E-state index is 4.74. The summed E-state index contributed by atoms with van der Waals surface area (Å²) in [6, 6.07) is 8.64. The van der Waals surface area contributed by atoms with Crippen LogP contribution < -0.4 is 10.6 Å². The summed E-state index contributed by atoms with van der Waals surface area (Å²) in [6.07, 6.45) is 6.16. The van der Waals surface area contributed by atoms with Gasteiger partial charge in [0.2, 0.25) is 5.95 Å². The Bertz CT molecular complexity index is 823. The molecule has 118 valence electrons. The predicted molar refractivity (Wildman–Crippen MR) is 96.5 cm³/mol. The minimum atomic E-state index is 0.390. The molecular formula is C17H18BrN5. The van der Waals surface area contributed by atoms with Crippen molar-refractivity contribution in [1.82, 2.24) is 20.3 Å². The van der Waals surface area contributed by atoms with E-state index in [1.807, 2.05) is 24.5 Å². The number of aromatic amines is 1. The topological polar surface area (TPSA) is 65.6 Å². The van der Waals surface area contributed by atoms with Gasteiger partial charge in [0, 0.05) is 41.4 Å². The number of halogens is 1. The van der Waals surface area contributed by atoms with E-state index in [9.17, 15) is 0 Å². The number of hydrogen-bond donors (Lipinski definition) is 3. The third-order valence-corrected chi connectivity index (χ3v) is 4.80. The van der Waals surface area contributed by atoms with Gasteiger partial charge in [0.25, 0.3) is 0 Å². The number of nitrogens with one attached hydrogen (secondary N) is 3. The van der Waals surface area contributed by atoms with Crippen molar-refractivity contribution in [3.63, 3.8) is 0 Å². The van der Waals surface area contributed by atoms with Crippen LogP contribution in [0.2, 0.25) is 0 Å². The smallest absolute Gasteiger partial charge is 0.223 e. The quantitative estimate of drug-likeness (QED) is 0.658. The standard InChI is InChI=1S/C17H18BrN5/c18-14-10-21-17(22-11-4-3-7-19-8-11)23-16(14)13-9-20-15-6-2-1-5-12(13)15/h1-2,5-6,9-11,19-20H,3-4,7-8H2,(H,21,22,23)/t11-/m1/s1. The Morgan fingerprint density at radius 2 is 2.17 bits per heavy atom. The molecule has 23 heavy (non-hydrogen) atoms. The van der Waals surface area contributed by atoms with E-state index in [2.05, 4.69) is 48.7 Å². The van der Waals surface area contributed by atoms with Gasteiger partial charge >= 0.3 is 0 Å². The molecule has 0 amide bonds. The molecule has 1 saturated heterocycles. The molecule has 0 spiro atoms. The highest BCUT2D eigenvalue weighted by atomic mass is 79.9. The maximum atomic E-state index is 4.74. The lowest BCUT2D eigenvalue weighted by Crippen LogP contribution is -2.38. The van der Waals surface area contributed by atoms with E-state index in [4.69, 9.17) is 4.98 Å². The second-order valence-electron chi connectivity index (χ2n) is 5.83. The minimum Gasteiger partial charge on any atom is -0.360 e. The van der Waals surface area contributed by atoms with Gasteiger partial charge in [0.1, 0.15) is 0 Å². The summed E-state index contributed by atoms with van der Waals surface area (Å²) >= 11 is 3.58. The van der Waals surface area contributed by atoms with Crippen LogP contribution in [0, 0.1) is 0 Å². The van der Waals surface area contributed by atoms with Crippen molar-refractivity contribution in [2.75, 3.05) is 18.4 Å². The summed E-state index contributed by atoms with van der Waals surface area (Å²) in [4.78, 5) is 12.5. The summed E-state index contributed by atoms with van der Waals surface area (Å²) in [5, 5.41) is 8.01. The molecule has 0 unspecified atom stereocenters. The first-order valence-corrected chi connectivity index (χ1v) is 8.67. The Morgan fingerprint density at radius 1 is 1.26 bits per heavy atom. The van der Waals surface area contributed by atoms with Gasteiger partial charge in [-0.15, -0.1) is 0 Å². The molecule has 6 heteroatoms. The number of rotatable bonds is 3. The minimum absolute atomic E-state index is 0.390. The highest BCUT2D eigenvalue weighted by Crippen LogP contribution is 2.32. The molecular weight excluding hydrogens is 354 g/mol. The zero-order valence-corrected chi connectivity index (χ0v) is 14.2. The molecule has 0 bridgehead atoms. The Labute approximate surface area is 143 Å². The zero-order valence-electron chi connectivity index (χ0n) is 12.6. The van der Waals surface area contributed by atoms with Crippen molar-refractivity contribution in [3.05, 3.63) is 41.1 Å². The molecule has 3 aromatic rings. The van der Waals surface area contributed by atoms with Crippen molar-refractivity contribution < 1.29 is 0 Å². The van der Waals surface area contributed by atoms with E-state index in [0.717, 1.165) is 46.1 Å². The Morgan fingerprint density at radius 3 is 3.04 bits per heavy atom. The second-order valence-corrected chi connectivity index (χ2v) is 6.68. The first-order valence-electron chi connectivity index (χ1n) is 7.87. The third-order valence-electron chi connectivity index (χ3n) is 4.22. The second kappa shape index (κ2) is 6.29. The first kappa shape index (κ1) is 14.7. The lowest BCUT2D eigenvalue weighted by atomic mass is 10.1. The lowest BCUT2D eigenvalue weighted by Gasteiger charge is -2.23. The number of piperidine rings is 1. The van der Waals surface area contributed by atoms with Gasteiger partial charge in [-0.1, -0.05) is 18.2 Å². The maximum Gasteiger partial charge on any atom is 0.223 e. The number of para-hydroxylation sites is 1.